The molecule has 0 amide bonds. The van der Waals surface area contributed by atoms with E-state index in [-0.39, 0.29) is 15.7 Å². The number of benzene rings is 1. The molecule has 4 nitrogen and oxygen atoms in total. The highest BCUT2D eigenvalue weighted by Crippen LogP contribution is 2.21. The normalized spacial score (nSPS) is 11.3. The Balaban J connectivity index is 2.32. The Labute approximate surface area is 115 Å². The number of halogens is 2. The van der Waals surface area contributed by atoms with E-state index in [1.807, 2.05) is 6.92 Å². The minimum absolute atomic E-state index is 0.124. The van der Waals surface area contributed by atoms with Crippen molar-refractivity contribution in [2.24, 2.45) is 0 Å². The highest BCUT2D eigenvalue weighted by Gasteiger charge is 2.16. The van der Waals surface area contributed by atoms with Crippen LogP contribution in [0.15, 0.2) is 41.4 Å². The summed E-state index contributed by atoms with van der Waals surface area (Å²) in [6.45, 7) is 1.84. The SMILES string of the molecule is Cc1ccc(NS(=O)(=O)c2ccc(F)c(Cl)c2)nc1. The molecule has 2 aromatic rings. The molecular weight excluding hydrogens is 291 g/mol. The molecule has 0 atom stereocenters. The van der Waals surface area contributed by atoms with E-state index in [1.54, 1.807) is 6.07 Å². The van der Waals surface area contributed by atoms with Crippen LogP contribution in [0.5, 0.6) is 0 Å². The predicted molar refractivity (Wildman–Crippen MR) is 71.2 cm³/mol. The summed E-state index contributed by atoms with van der Waals surface area (Å²) in [5, 5.41) is -0.250. The van der Waals surface area contributed by atoms with E-state index < -0.39 is 15.8 Å². The maximum Gasteiger partial charge on any atom is 0.263 e. The molecule has 0 fully saturated rings. The minimum Gasteiger partial charge on any atom is -0.263 e. The molecule has 0 saturated carbocycles. The third-order valence-corrected chi connectivity index (χ3v) is 3.99. The van der Waals surface area contributed by atoms with Crippen molar-refractivity contribution in [1.29, 1.82) is 0 Å². The van der Waals surface area contributed by atoms with E-state index in [1.165, 1.54) is 12.3 Å². The fraction of sp³-hybridized carbons (Fsp3) is 0.0833. The zero-order chi connectivity index (χ0) is 14.0. The summed E-state index contributed by atoms with van der Waals surface area (Å²) in [4.78, 5) is 3.81. The lowest BCUT2D eigenvalue weighted by Crippen LogP contribution is -2.14. The summed E-state index contributed by atoms with van der Waals surface area (Å²) < 4.78 is 39.3. The summed E-state index contributed by atoms with van der Waals surface area (Å²) in [6, 6.07) is 6.45. The third kappa shape index (κ3) is 3.21. The van der Waals surface area contributed by atoms with Crippen molar-refractivity contribution in [2.75, 3.05) is 4.72 Å². The van der Waals surface area contributed by atoms with Gasteiger partial charge in [0.2, 0.25) is 0 Å². The molecule has 0 aliphatic carbocycles. The van der Waals surface area contributed by atoms with E-state index in [9.17, 15) is 12.8 Å². The molecule has 100 valence electrons. The van der Waals surface area contributed by atoms with Crippen molar-refractivity contribution in [2.45, 2.75) is 11.8 Å². The van der Waals surface area contributed by atoms with Gasteiger partial charge in [-0.05, 0) is 36.8 Å². The first-order valence-corrected chi connectivity index (χ1v) is 7.15. The number of pyridine rings is 1. The van der Waals surface area contributed by atoms with Crippen molar-refractivity contribution >= 4 is 27.4 Å². The average molecular weight is 301 g/mol. The molecule has 0 bridgehead atoms. The summed E-state index contributed by atoms with van der Waals surface area (Å²) in [5.74, 6) is -0.486. The van der Waals surface area contributed by atoms with Gasteiger partial charge in [0.15, 0.2) is 0 Å². The predicted octanol–water partition coefficient (Wildman–Crippen LogP) is 2.98. The maximum atomic E-state index is 13.0. The first-order valence-electron chi connectivity index (χ1n) is 5.29. The number of aromatic nitrogens is 1. The van der Waals surface area contributed by atoms with Crippen LogP contribution in [-0.2, 0) is 10.0 Å². The molecule has 0 aliphatic heterocycles. The van der Waals surface area contributed by atoms with E-state index in [0.29, 0.717) is 0 Å². The molecule has 7 heteroatoms. The molecule has 1 heterocycles. The number of hydrogen-bond donors (Lipinski definition) is 1. The quantitative estimate of drug-likeness (QED) is 0.948. The van der Waals surface area contributed by atoms with Crippen LogP contribution in [0.4, 0.5) is 10.2 Å². The van der Waals surface area contributed by atoms with E-state index >= 15 is 0 Å². The van der Waals surface area contributed by atoms with Crippen molar-refractivity contribution in [3.63, 3.8) is 0 Å². The highest BCUT2D eigenvalue weighted by molar-refractivity contribution is 7.92. The number of anilines is 1. The lowest BCUT2D eigenvalue weighted by molar-refractivity contribution is 0.599. The lowest BCUT2D eigenvalue weighted by atomic mass is 10.3. The number of nitrogens with one attached hydrogen (secondary N) is 1. The molecular formula is C12H10ClFN2O2S. The Kier molecular flexibility index (Phi) is 3.73. The van der Waals surface area contributed by atoms with Gasteiger partial charge >= 0.3 is 0 Å². The van der Waals surface area contributed by atoms with Crippen LogP contribution in [0.1, 0.15) is 5.56 Å². The number of rotatable bonds is 3. The van der Waals surface area contributed by atoms with Crippen LogP contribution < -0.4 is 4.72 Å². The van der Waals surface area contributed by atoms with Gasteiger partial charge in [0.05, 0.1) is 9.92 Å². The van der Waals surface area contributed by atoms with Crippen LogP contribution in [0.25, 0.3) is 0 Å². The lowest BCUT2D eigenvalue weighted by Gasteiger charge is -2.08. The van der Waals surface area contributed by atoms with Gasteiger partial charge in [-0.25, -0.2) is 17.8 Å². The van der Waals surface area contributed by atoms with Gasteiger partial charge < -0.3 is 0 Å². The van der Waals surface area contributed by atoms with Crippen molar-refractivity contribution in [1.82, 2.24) is 4.98 Å². The second kappa shape index (κ2) is 5.14. The molecule has 1 N–H and O–H groups in total. The molecule has 0 spiro atoms. The summed E-state index contributed by atoms with van der Waals surface area (Å²) in [7, 11) is -3.83. The monoisotopic (exact) mass is 300 g/mol. The van der Waals surface area contributed by atoms with Gasteiger partial charge in [-0.3, -0.25) is 4.72 Å². The summed E-state index contributed by atoms with van der Waals surface area (Å²) in [6.07, 6.45) is 1.54. The molecule has 19 heavy (non-hydrogen) atoms. The Morgan fingerprint density at radius 3 is 2.58 bits per heavy atom. The van der Waals surface area contributed by atoms with E-state index in [2.05, 4.69) is 9.71 Å². The van der Waals surface area contributed by atoms with Crippen molar-refractivity contribution < 1.29 is 12.8 Å². The van der Waals surface area contributed by atoms with Gasteiger partial charge in [-0.1, -0.05) is 17.7 Å². The molecule has 1 aromatic heterocycles. The van der Waals surface area contributed by atoms with Crippen molar-refractivity contribution in [3.8, 4) is 0 Å². The number of aryl methyl sites for hydroxylation is 1. The number of sulfonamides is 1. The van der Waals surface area contributed by atoms with Gasteiger partial charge in [0.25, 0.3) is 10.0 Å². The highest BCUT2D eigenvalue weighted by atomic mass is 35.5. The Morgan fingerprint density at radius 2 is 2.00 bits per heavy atom. The Hall–Kier alpha value is -1.66. The largest absolute Gasteiger partial charge is 0.263 e. The van der Waals surface area contributed by atoms with Gasteiger partial charge in [0.1, 0.15) is 11.6 Å². The van der Waals surface area contributed by atoms with E-state index in [0.717, 1.165) is 23.8 Å². The first-order chi connectivity index (χ1) is 8.88. The molecule has 0 aliphatic rings. The molecule has 1 aromatic carbocycles. The fourth-order valence-corrected chi connectivity index (χ4v) is 2.65. The first kappa shape index (κ1) is 13.8. The van der Waals surface area contributed by atoms with Gasteiger partial charge in [-0.2, -0.15) is 0 Å². The zero-order valence-electron chi connectivity index (χ0n) is 9.89. The zero-order valence-corrected chi connectivity index (χ0v) is 11.5. The number of hydrogen-bond acceptors (Lipinski definition) is 3. The van der Waals surface area contributed by atoms with Gasteiger partial charge in [0, 0.05) is 6.20 Å². The van der Waals surface area contributed by atoms with Crippen LogP contribution >= 0.6 is 11.6 Å². The van der Waals surface area contributed by atoms with Crippen molar-refractivity contribution in [3.05, 3.63) is 52.9 Å². The second-order valence-corrected chi connectivity index (χ2v) is 5.99. The fourth-order valence-electron chi connectivity index (χ4n) is 1.37. The number of nitrogens with zero attached hydrogens (tertiary/aromatic N) is 1. The average Bonchev–Trinajstić information content (AvgIpc) is 2.35. The topological polar surface area (TPSA) is 59.1 Å². The second-order valence-electron chi connectivity index (χ2n) is 3.90. The summed E-state index contributed by atoms with van der Waals surface area (Å²) >= 11 is 5.56. The molecule has 0 saturated heterocycles. The van der Waals surface area contributed by atoms with Gasteiger partial charge in [-0.15, -0.1) is 0 Å². The molecule has 0 unspecified atom stereocenters. The van der Waals surface area contributed by atoms with Crippen LogP contribution in [0.3, 0.4) is 0 Å². The standard InChI is InChI=1S/C12H10ClFN2O2S/c1-8-2-5-12(15-7-8)16-19(17,18)9-3-4-11(14)10(13)6-9/h2-7H,1H3,(H,15,16). The maximum absolute atomic E-state index is 13.0. The third-order valence-electron chi connectivity index (χ3n) is 2.35. The Morgan fingerprint density at radius 1 is 1.26 bits per heavy atom. The van der Waals surface area contributed by atoms with Crippen LogP contribution in [-0.4, -0.2) is 13.4 Å². The minimum atomic E-state index is -3.83. The van der Waals surface area contributed by atoms with E-state index in [4.69, 9.17) is 11.6 Å². The van der Waals surface area contributed by atoms with Crippen LogP contribution in [0.2, 0.25) is 5.02 Å². The molecule has 0 radical (unpaired) electrons. The summed E-state index contributed by atoms with van der Waals surface area (Å²) in [5.41, 5.74) is 0.910. The Bertz CT molecular complexity index is 702. The smallest absolute Gasteiger partial charge is 0.263 e. The van der Waals surface area contributed by atoms with Crippen LogP contribution in [0, 0.1) is 12.7 Å². The molecule has 2 rings (SSSR count).